The van der Waals surface area contributed by atoms with Gasteiger partial charge in [-0.15, -0.1) is 0 Å². The molecule has 0 aliphatic heterocycles. The zero-order valence-corrected chi connectivity index (χ0v) is 11.5. The third-order valence-corrected chi connectivity index (χ3v) is 3.63. The quantitative estimate of drug-likeness (QED) is 0.570. The highest BCUT2D eigenvalue weighted by atomic mass is 19.1. The minimum Gasteiger partial charge on any atom is -0.271 e. The maximum absolute atomic E-state index is 13.0. The molecule has 4 heteroatoms. The lowest BCUT2D eigenvalue weighted by atomic mass is 9.96. The number of nitrogens with zero attached hydrogens (tertiary/aromatic N) is 1. The second kappa shape index (κ2) is 5.99. The summed E-state index contributed by atoms with van der Waals surface area (Å²) in [4.78, 5) is 4.28. The number of hydrogen-bond acceptors (Lipinski definition) is 3. The van der Waals surface area contributed by atoms with E-state index in [-0.39, 0.29) is 11.9 Å². The lowest BCUT2D eigenvalue weighted by Crippen LogP contribution is -2.29. The summed E-state index contributed by atoms with van der Waals surface area (Å²) in [6, 6.07) is 14.5. The standard InChI is InChI=1S/C17H16FN3/c18-14-7-5-12(6-8-14)9-17(21-19)16-11-20-10-13-3-1-2-4-15(13)16/h1-8,10-11,17,21H,9,19H2. The van der Waals surface area contributed by atoms with Gasteiger partial charge in [-0.05, 0) is 35.1 Å². The van der Waals surface area contributed by atoms with Crippen molar-refractivity contribution in [2.45, 2.75) is 12.5 Å². The fraction of sp³-hybridized carbons (Fsp3) is 0.118. The summed E-state index contributed by atoms with van der Waals surface area (Å²) in [7, 11) is 0. The number of aromatic nitrogens is 1. The number of benzene rings is 2. The van der Waals surface area contributed by atoms with Crippen LogP contribution < -0.4 is 11.3 Å². The third-order valence-electron chi connectivity index (χ3n) is 3.63. The lowest BCUT2D eigenvalue weighted by Gasteiger charge is -2.18. The predicted molar refractivity (Wildman–Crippen MR) is 81.9 cm³/mol. The SMILES string of the molecule is NNC(Cc1ccc(F)cc1)c1cncc2ccccc12. The van der Waals surface area contributed by atoms with Gasteiger partial charge in [0.15, 0.2) is 0 Å². The van der Waals surface area contributed by atoms with Gasteiger partial charge in [0.25, 0.3) is 0 Å². The van der Waals surface area contributed by atoms with Crippen molar-refractivity contribution in [2.24, 2.45) is 5.84 Å². The number of halogens is 1. The molecular weight excluding hydrogens is 265 g/mol. The summed E-state index contributed by atoms with van der Waals surface area (Å²) in [5, 5.41) is 2.20. The smallest absolute Gasteiger partial charge is 0.123 e. The van der Waals surface area contributed by atoms with Gasteiger partial charge in [0.1, 0.15) is 5.82 Å². The monoisotopic (exact) mass is 281 g/mol. The van der Waals surface area contributed by atoms with Gasteiger partial charge in [-0.2, -0.15) is 0 Å². The van der Waals surface area contributed by atoms with Crippen LogP contribution in [0.3, 0.4) is 0 Å². The van der Waals surface area contributed by atoms with Gasteiger partial charge >= 0.3 is 0 Å². The molecule has 0 radical (unpaired) electrons. The normalized spacial score (nSPS) is 12.5. The highest BCUT2D eigenvalue weighted by molar-refractivity contribution is 5.85. The number of rotatable bonds is 4. The number of fused-ring (bicyclic) bond motifs is 1. The minimum absolute atomic E-state index is 0.0749. The van der Waals surface area contributed by atoms with Gasteiger partial charge in [0.05, 0.1) is 6.04 Å². The molecule has 3 nitrogen and oxygen atoms in total. The molecular formula is C17H16FN3. The first-order chi connectivity index (χ1) is 10.3. The van der Waals surface area contributed by atoms with E-state index in [1.54, 1.807) is 12.1 Å². The molecule has 106 valence electrons. The summed E-state index contributed by atoms with van der Waals surface area (Å²) in [6.07, 6.45) is 4.34. The van der Waals surface area contributed by atoms with Crippen LogP contribution in [-0.2, 0) is 6.42 Å². The Balaban J connectivity index is 1.96. The van der Waals surface area contributed by atoms with Crippen molar-refractivity contribution < 1.29 is 4.39 Å². The van der Waals surface area contributed by atoms with Crippen LogP contribution in [0.4, 0.5) is 4.39 Å². The fourth-order valence-corrected chi connectivity index (χ4v) is 2.53. The second-order valence-corrected chi connectivity index (χ2v) is 5.00. The van der Waals surface area contributed by atoms with E-state index in [1.165, 1.54) is 12.1 Å². The molecule has 3 rings (SSSR count). The molecule has 2 aromatic carbocycles. The molecule has 0 bridgehead atoms. The van der Waals surface area contributed by atoms with Crippen molar-refractivity contribution in [3.05, 3.63) is 77.9 Å². The molecule has 0 amide bonds. The Hall–Kier alpha value is -2.30. The Bertz CT molecular complexity index is 735. The van der Waals surface area contributed by atoms with Gasteiger partial charge in [-0.1, -0.05) is 36.4 Å². The fourth-order valence-electron chi connectivity index (χ4n) is 2.53. The summed E-state index contributed by atoms with van der Waals surface area (Å²) >= 11 is 0. The number of nitrogens with one attached hydrogen (secondary N) is 1. The predicted octanol–water partition coefficient (Wildman–Crippen LogP) is 3.12. The number of pyridine rings is 1. The molecule has 0 spiro atoms. The van der Waals surface area contributed by atoms with E-state index in [0.717, 1.165) is 21.9 Å². The maximum atomic E-state index is 13.0. The summed E-state index contributed by atoms with van der Waals surface area (Å²) in [5.74, 6) is 5.49. The van der Waals surface area contributed by atoms with Crippen LogP contribution in [0.2, 0.25) is 0 Å². The van der Waals surface area contributed by atoms with Crippen molar-refractivity contribution >= 4 is 10.8 Å². The zero-order chi connectivity index (χ0) is 14.7. The maximum Gasteiger partial charge on any atom is 0.123 e. The van der Waals surface area contributed by atoms with Crippen LogP contribution in [0.15, 0.2) is 60.9 Å². The van der Waals surface area contributed by atoms with Crippen LogP contribution in [0.5, 0.6) is 0 Å². The summed E-state index contributed by atoms with van der Waals surface area (Å²) < 4.78 is 13.0. The van der Waals surface area contributed by atoms with E-state index in [1.807, 2.05) is 30.6 Å². The van der Waals surface area contributed by atoms with Gasteiger partial charge in [-0.25, -0.2) is 4.39 Å². The summed E-state index contributed by atoms with van der Waals surface area (Å²) in [6.45, 7) is 0. The highest BCUT2D eigenvalue weighted by Gasteiger charge is 2.14. The van der Waals surface area contributed by atoms with Crippen molar-refractivity contribution in [2.75, 3.05) is 0 Å². The van der Waals surface area contributed by atoms with E-state index < -0.39 is 0 Å². The van der Waals surface area contributed by atoms with E-state index in [4.69, 9.17) is 5.84 Å². The van der Waals surface area contributed by atoms with Crippen molar-refractivity contribution in [1.29, 1.82) is 0 Å². The first-order valence-corrected chi connectivity index (χ1v) is 6.81. The molecule has 0 saturated carbocycles. The van der Waals surface area contributed by atoms with E-state index in [0.29, 0.717) is 6.42 Å². The Morgan fingerprint density at radius 1 is 1.05 bits per heavy atom. The first-order valence-electron chi connectivity index (χ1n) is 6.81. The molecule has 0 aliphatic carbocycles. The zero-order valence-electron chi connectivity index (χ0n) is 11.5. The van der Waals surface area contributed by atoms with E-state index >= 15 is 0 Å². The average Bonchev–Trinajstić information content (AvgIpc) is 2.54. The minimum atomic E-state index is -0.233. The molecule has 0 fully saturated rings. The largest absolute Gasteiger partial charge is 0.271 e. The third kappa shape index (κ3) is 2.91. The van der Waals surface area contributed by atoms with Gasteiger partial charge < -0.3 is 0 Å². The van der Waals surface area contributed by atoms with E-state index in [2.05, 4.69) is 16.5 Å². The van der Waals surface area contributed by atoms with Crippen molar-refractivity contribution in [3.8, 4) is 0 Å². The van der Waals surface area contributed by atoms with Gasteiger partial charge in [0.2, 0.25) is 0 Å². The molecule has 1 heterocycles. The average molecular weight is 281 g/mol. The Labute approximate surface area is 122 Å². The molecule has 1 unspecified atom stereocenters. The second-order valence-electron chi connectivity index (χ2n) is 5.00. The van der Waals surface area contributed by atoms with Crippen LogP contribution in [0, 0.1) is 5.82 Å². The molecule has 1 aromatic heterocycles. The Morgan fingerprint density at radius 3 is 2.57 bits per heavy atom. The molecule has 0 saturated heterocycles. The topological polar surface area (TPSA) is 50.9 Å². The molecule has 0 aliphatic rings. The first kappa shape index (κ1) is 13.7. The number of nitrogens with two attached hydrogens (primary N) is 1. The van der Waals surface area contributed by atoms with Crippen LogP contribution in [0.1, 0.15) is 17.2 Å². The van der Waals surface area contributed by atoms with Gasteiger partial charge in [-0.3, -0.25) is 16.3 Å². The number of hydrazine groups is 1. The van der Waals surface area contributed by atoms with Crippen molar-refractivity contribution in [1.82, 2.24) is 10.4 Å². The summed E-state index contributed by atoms with van der Waals surface area (Å²) in [5.41, 5.74) is 4.90. The van der Waals surface area contributed by atoms with Crippen LogP contribution in [-0.4, -0.2) is 4.98 Å². The van der Waals surface area contributed by atoms with Crippen LogP contribution >= 0.6 is 0 Å². The molecule has 3 aromatic rings. The van der Waals surface area contributed by atoms with Gasteiger partial charge in [0, 0.05) is 17.8 Å². The highest BCUT2D eigenvalue weighted by Crippen LogP contribution is 2.25. The van der Waals surface area contributed by atoms with Crippen LogP contribution in [0.25, 0.3) is 10.8 Å². The number of hydrogen-bond donors (Lipinski definition) is 2. The van der Waals surface area contributed by atoms with Crippen molar-refractivity contribution in [3.63, 3.8) is 0 Å². The Morgan fingerprint density at radius 2 is 1.81 bits per heavy atom. The Kier molecular flexibility index (Phi) is 3.90. The molecule has 21 heavy (non-hydrogen) atoms. The molecule has 1 atom stereocenters. The molecule has 3 N–H and O–H groups in total. The lowest BCUT2D eigenvalue weighted by molar-refractivity contribution is 0.553. The van der Waals surface area contributed by atoms with E-state index in [9.17, 15) is 4.39 Å².